The average molecular weight is 407 g/mol. The average Bonchev–Trinajstić information content (AvgIpc) is 2.77. The molecule has 3 heterocycles. The number of carbonyl (C=O) groups excluding carboxylic acids is 1. The Morgan fingerprint density at radius 1 is 0.900 bits per heavy atom. The fraction of sp³-hybridized carbons (Fsp3) is 0.130. The van der Waals surface area contributed by atoms with Crippen LogP contribution in [-0.2, 0) is 12.6 Å². The first kappa shape index (κ1) is 19.7. The Bertz CT molecular complexity index is 1190. The third kappa shape index (κ3) is 4.20. The Hall–Kier alpha value is -3.61. The molecule has 4 aromatic rings. The molecule has 0 atom stereocenters. The summed E-state index contributed by atoms with van der Waals surface area (Å²) in [7, 11) is 0. The largest absolute Gasteiger partial charge is 0.433 e. The highest BCUT2D eigenvalue weighted by atomic mass is 19.4. The van der Waals surface area contributed by atoms with Crippen LogP contribution in [0.5, 0.6) is 0 Å². The van der Waals surface area contributed by atoms with E-state index in [1.165, 1.54) is 6.07 Å². The molecule has 0 saturated heterocycles. The molecule has 0 aliphatic heterocycles. The number of halogens is 3. The van der Waals surface area contributed by atoms with Crippen LogP contribution in [0.2, 0.25) is 0 Å². The second-order valence-corrected chi connectivity index (χ2v) is 6.79. The number of Topliss-reactive ketones (excluding diaryl/α,β-unsaturated/α-hetero) is 1. The summed E-state index contributed by atoms with van der Waals surface area (Å²) in [5, 5.41) is 0.819. The number of aromatic nitrogens is 3. The standard InChI is InChI=1S/C23H16F3N3O/c24-23(25,26)21-11-7-15(12-28-21)6-10-20(30)19-9-8-17-13-27-14-18(22(17)29-19)16-4-2-1-3-5-16/h1-5,7-9,11-14H,6,10H2. The van der Waals surface area contributed by atoms with Gasteiger partial charge in [0.1, 0.15) is 11.4 Å². The van der Waals surface area contributed by atoms with Crippen molar-refractivity contribution in [2.45, 2.75) is 19.0 Å². The van der Waals surface area contributed by atoms with Crippen molar-refractivity contribution in [3.05, 3.63) is 90.1 Å². The van der Waals surface area contributed by atoms with Crippen LogP contribution in [-0.4, -0.2) is 20.7 Å². The highest BCUT2D eigenvalue weighted by Crippen LogP contribution is 2.28. The highest BCUT2D eigenvalue weighted by Gasteiger charge is 2.32. The van der Waals surface area contributed by atoms with E-state index in [2.05, 4.69) is 15.0 Å². The summed E-state index contributed by atoms with van der Waals surface area (Å²) >= 11 is 0. The van der Waals surface area contributed by atoms with Crippen LogP contribution < -0.4 is 0 Å². The van der Waals surface area contributed by atoms with Gasteiger partial charge in [0.05, 0.1) is 5.52 Å². The van der Waals surface area contributed by atoms with Crippen LogP contribution in [0.3, 0.4) is 0 Å². The van der Waals surface area contributed by atoms with E-state index in [0.29, 0.717) is 16.8 Å². The van der Waals surface area contributed by atoms with Crippen molar-refractivity contribution in [2.24, 2.45) is 0 Å². The van der Waals surface area contributed by atoms with E-state index in [9.17, 15) is 18.0 Å². The molecular formula is C23H16F3N3O. The molecule has 1 aromatic carbocycles. The molecule has 0 N–H and O–H groups in total. The molecule has 0 saturated carbocycles. The molecule has 0 unspecified atom stereocenters. The van der Waals surface area contributed by atoms with Crippen LogP contribution in [0.1, 0.15) is 28.2 Å². The molecule has 0 bridgehead atoms. The molecule has 4 nitrogen and oxygen atoms in total. The van der Waals surface area contributed by atoms with E-state index >= 15 is 0 Å². The minimum Gasteiger partial charge on any atom is -0.292 e. The van der Waals surface area contributed by atoms with Gasteiger partial charge >= 0.3 is 6.18 Å². The Morgan fingerprint density at radius 2 is 1.70 bits per heavy atom. The molecule has 0 aliphatic carbocycles. The topological polar surface area (TPSA) is 55.7 Å². The first-order valence-corrected chi connectivity index (χ1v) is 9.27. The number of nitrogens with zero attached hydrogens (tertiary/aromatic N) is 3. The minimum absolute atomic E-state index is 0.122. The summed E-state index contributed by atoms with van der Waals surface area (Å²) in [4.78, 5) is 24.9. The fourth-order valence-electron chi connectivity index (χ4n) is 3.15. The van der Waals surface area contributed by atoms with Gasteiger partial charge in [-0.3, -0.25) is 14.8 Å². The number of aryl methyl sites for hydroxylation is 1. The van der Waals surface area contributed by atoms with Crippen LogP contribution in [0, 0.1) is 0 Å². The number of rotatable bonds is 5. The summed E-state index contributed by atoms with van der Waals surface area (Å²) in [6.07, 6.45) is 0.490. The minimum atomic E-state index is -4.48. The molecule has 150 valence electrons. The molecule has 7 heteroatoms. The van der Waals surface area contributed by atoms with E-state index in [1.807, 2.05) is 30.3 Å². The summed E-state index contributed by atoms with van der Waals surface area (Å²) in [5.41, 5.74) is 2.38. The lowest BCUT2D eigenvalue weighted by molar-refractivity contribution is -0.141. The van der Waals surface area contributed by atoms with Gasteiger partial charge in [0.15, 0.2) is 5.78 Å². The monoisotopic (exact) mass is 407 g/mol. The maximum Gasteiger partial charge on any atom is 0.433 e. The van der Waals surface area contributed by atoms with Gasteiger partial charge in [0.25, 0.3) is 0 Å². The van der Waals surface area contributed by atoms with Crippen LogP contribution in [0.15, 0.2) is 73.2 Å². The van der Waals surface area contributed by atoms with E-state index in [-0.39, 0.29) is 18.6 Å². The Morgan fingerprint density at radius 3 is 2.40 bits per heavy atom. The number of benzene rings is 1. The van der Waals surface area contributed by atoms with Crippen LogP contribution in [0.4, 0.5) is 13.2 Å². The second kappa shape index (κ2) is 8.02. The first-order chi connectivity index (χ1) is 14.4. The summed E-state index contributed by atoms with van der Waals surface area (Å²) < 4.78 is 37.8. The Balaban J connectivity index is 1.55. The van der Waals surface area contributed by atoms with Gasteiger partial charge in [0, 0.05) is 36.0 Å². The zero-order chi connectivity index (χ0) is 21.1. The summed E-state index contributed by atoms with van der Waals surface area (Å²) in [5.74, 6) is -0.187. The number of pyridine rings is 3. The van der Waals surface area contributed by atoms with Crippen molar-refractivity contribution in [3.8, 4) is 11.1 Å². The molecule has 0 radical (unpaired) electrons. The molecule has 0 aliphatic rings. The van der Waals surface area contributed by atoms with Crippen LogP contribution >= 0.6 is 0 Å². The van der Waals surface area contributed by atoms with E-state index in [4.69, 9.17) is 0 Å². The highest BCUT2D eigenvalue weighted by molar-refractivity contribution is 5.99. The zero-order valence-electron chi connectivity index (χ0n) is 15.7. The number of alkyl halides is 3. The quantitative estimate of drug-likeness (QED) is 0.409. The fourth-order valence-corrected chi connectivity index (χ4v) is 3.15. The van der Waals surface area contributed by atoms with Crippen LogP contribution in [0.25, 0.3) is 22.0 Å². The molecular weight excluding hydrogens is 391 g/mol. The molecule has 30 heavy (non-hydrogen) atoms. The van der Waals surface area contributed by atoms with Gasteiger partial charge in [0.2, 0.25) is 0 Å². The van der Waals surface area contributed by atoms with Gasteiger partial charge in [-0.05, 0) is 35.7 Å². The number of carbonyl (C=O) groups is 1. The van der Waals surface area contributed by atoms with Crippen molar-refractivity contribution in [1.82, 2.24) is 15.0 Å². The molecule has 0 fully saturated rings. The first-order valence-electron chi connectivity index (χ1n) is 9.27. The number of hydrogen-bond donors (Lipinski definition) is 0. The third-order valence-corrected chi connectivity index (χ3v) is 4.73. The SMILES string of the molecule is O=C(CCc1ccc(C(F)(F)F)nc1)c1ccc2cncc(-c3ccccc3)c2n1. The predicted octanol–water partition coefficient (Wildman–Crippen LogP) is 5.53. The predicted molar refractivity (Wildman–Crippen MR) is 107 cm³/mol. The number of ketones is 1. The van der Waals surface area contributed by atoms with Crippen molar-refractivity contribution < 1.29 is 18.0 Å². The molecule has 3 aromatic heterocycles. The van der Waals surface area contributed by atoms with Gasteiger partial charge in [-0.1, -0.05) is 36.4 Å². The van der Waals surface area contributed by atoms with E-state index in [0.717, 1.165) is 28.8 Å². The smallest absolute Gasteiger partial charge is 0.292 e. The maximum atomic E-state index is 12.7. The van der Waals surface area contributed by atoms with Crippen molar-refractivity contribution in [2.75, 3.05) is 0 Å². The second-order valence-electron chi connectivity index (χ2n) is 6.79. The maximum absolute atomic E-state index is 12.7. The van der Waals surface area contributed by atoms with E-state index < -0.39 is 11.9 Å². The lowest BCUT2D eigenvalue weighted by atomic mass is 10.0. The molecule has 0 spiro atoms. The lowest BCUT2D eigenvalue weighted by Gasteiger charge is -2.08. The lowest BCUT2D eigenvalue weighted by Crippen LogP contribution is -2.08. The normalized spacial score (nSPS) is 11.6. The van der Waals surface area contributed by atoms with Crippen molar-refractivity contribution in [1.29, 1.82) is 0 Å². The third-order valence-electron chi connectivity index (χ3n) is 4.73. The summed E-state index contributed by atoms with van der Waals surface area (Å²) in [6.45, 7) is 0. The van der Waals surface area contributed by atoms with Gasteiger partial charge in [-0.15, -0.1) is 0 Å². The van der Waals surface area contributed by atoms with Crippen molar-refractivity contribution >= 4 is 16.7 Å². The van der Waals surface area contributed by atoms with Gasteiger partial charge in [-0.2, -0.15) is 13.2 Å². The molecule has 4 rings (SSSR count). The number of hydrogen-bond acceptors (Lipinski definition) is 4. The molecule has 0 amide bonds. The van der Waals surface area contributed by atoms with Gasteiger partial charge < -0.3 is 0 Å². The van der Waals surface area contributed by atoms with E-state index in [1.54, 1.807) is 24.5 Å². The summed E-state index contributed by atoms with van der Waals surface area (Å²) in [6, 6.07) is 15.4. The van der Waals surface area contributed by atoms with Crippen molar-refractivity contribution in [3.63, 3.8) is 0 Å². The zero-order valence-corrected chi connectivity index (χ0v) is 15.7. The Labute approximate surface area is 170 Å². The number of fused-ring (bicyclic) bond motifs is 1. The van der Waals surface area contributed by atoms with Gasteiger partial charge in [-0.25, -0.2) is 4.98 Å². The Kier molecular flexibility index (Phi) is 5.27.